The third-order valence-electron chi connectivity index (χ3n) is 3.17. The Bertz CT molecular complexity index is 144. The van der Waals surface area contributed by atoms with Crippen LogP contribution in [0.5, 0.6) is 0 Å². The summed E-state index contributed by atoms with van der Waals surface area (Å²) in [6.45, 7) is 6.56. The first-order valence-corrected chi connectivity index (χ1v) is 8.24. The van der Waals surface area contributed by atoms with Crippen LogP contribution < -0.4 is 0 Å². The summed E-state index contributed by atoms with van der Waals surface area (Å²) in [4.78, 5) is 2.48. The van der Waals surface area contributed by atoms with Gasteiger partial charge in [0, 0.05) is 19.0 Å². The Morgan fingerprint density at radius 2 is 1.47 bits per heavy atom. The highest BCUT2D eigenvalue weighted by Crippen LogP contribution is 2.08. The summed E-state index contributed by atoms with van der Waals surface area (Å²) in [5, 5.41) is 1.16. The van der Waals surface area contributed by atoms with Crippen LogP contribution in [0.2, 0.25) is 0 Å². The van der Waals surface area contributed by atoms with E-state index in [0.29, 0.717) is 0 Å². The summed E-state index contributed by atoms with van der Waals surface area (Å²) < 4.78 is 5.11. The second-order valence-corrected chi connectivity index (χ2v) is 5.38. The maximum atomic E-state index is 5.11. The molecule has 0 atom stereocenters. The number of likely N-dealkylation sites (N-methyl/N-ethyl adjacent to an activating group) is 1. The number of unbranched alkanes of at least 4 members (excludes halogenated alkanes) is 6. The minimum absolute atomic E-state index is 0.861. The quantitative estimate of drug-likeness (QED) is 0.375. The van der Waals surface area contributed by atoms with Gasteiger partial charge in [0.25, 0.3) is 0 Å². The molecule has 0 saturated carbocycles. The van der Waals surface area contributed by atoms with E-state index in [1.54, 1.807) is 7.11 Å². The van der Waals surface area contributed by atoms with E-state index in [1.807, 2.05) is 0 Å². The molecule has 0 rings (SSSR count). The second kappa shape index (κ2) is 14.5. The van der Waals surface area contributed by atoms with E-state index in [9.17, 15) is 0 Å². The van der Waals surface area contributed by atoms with Crippen LogP contribution in [0.15, 0.2) is 0 Å². The van der Waals surface area contributed by atoms with Crippen molar-refractivity contribution in [3.05, 3.63) is 0 Å². The van der Waals surface area contributed by atoms with Gasteiger partial charge in [-0.1, -0.05) is 55.0 Å². The maximum Gasteiger partial charge on any atom is 0.0589 e. The first-order chi connectivity index (χ1) is 8.35. The molecule has 2 nitrogen and oxygen atoms in total. The highest BCUT2D eigenvalue weighted by molar-refractivity contribution is 9.09. The van der Waals surface area contributed by atoms with Crippen molar-refractivity contribution in [3.8, 4) is 0 Å². The molecular weight excluding hydrogens is 278 g/mol. The van der Waals surface area contributed by atoms with Crippen LogP contribution in [0.3, 0.4) is 0 Å². The van der Waals surface area contributed by atoms with E-state index >= 15 is 0 Å². The van der Waals surface area contributed by atoms with Gasteiger partial charge in [-0.25, -0.2) is 0 Å². The fraction of sp³-hybridized carbons (Fsp3) is 1.00. The van der Waals surface area contributed by atoms with Crippen LogP contribution in [0.25, 0.3) is 0 Å². The average molecular weight is 308 g/mol. The lowest BCUT2D eigenvalue weighted by molar-refractivity contribution is 0.149. The van der Waals surface area contributed by atoms with Crippen molar-refractivity contribution < 1.29 is 4.74 Å². The predicted molar refractivity (Wildman–Crippen MR) is 80.1 cm³/mol. The van der Waals surface area contributed by atoms with Gasteiger partial charge in [0.2, 0.25) is 0 Å². The first-order valence-electron chi connectivity index (χ1n) is 7.12. The third kappa shape index (κ3) is 12.6. The Hall–Kier alpha value is 0.400. The molecule has 0 radical (unpaired) electrons. The summed E-state index contributed by atoms with van der Waals surface area (Å²) in [6, 6.07) is 0. The smallest absolute Gasteiger partial charge is 0.0589 e. The van der Waals surface area contributed by atoms with Crippen molar-refractivity contribution in [2.75, 3.05) is 38.7 Å². The van der Waals surface area contributed by atoms with Crippen LogP contribution in [0.1, 0.15) is 51.9 Å². The molecule has 17 heavy (non-hydrogen) atoms. The molecule has 104 valence electrons. The zero-order valence-corrected chi connectivity index (χ0v) is 13.3. The normalized spacial score (nSPS) is 11.3. The van der Waals surface area contributed by atoms with E-state index in [0.717, 1.165) is 25.0 Å². The second-order valence-electron chi connectivity index (χ2n) is 4.59. The zero-order chi connectivity index (χ0) is 12.8. The molecule has 0 aromatic carbocycles. The van der Waals surface area contributed by atoms with Gasteiger partial charge >= 0.3 is 0 Å². The molecule has 0 saturated heterocycles. The number of nitrogens with zero attached hydrogens (tertiary/aromatic N) is 1. The van der Waals surface area contributed by atoms with Gasteiger partial charge in [-0.3, -0.25) is 0 Å². The number of ether oxygens (including phenoxy) is 1. The summed E-state index contributed by atoms with van der Waals surface area (Å²) in [5.74, 6) is 0. The largest absolute Gasteiger partial charge is 0.383 e. The lowest BCUT2D eigenvalue weighted by Gasteiger charge is -2.19. The Balaban J connectivity index is 3.19. The van der Waals surface area contributed by atoms with Crippen molar-refractivity contribution in [1.29, 1.82) is 0 Å². The van der Waals surface area contributed by atoms with Gasteiger partial charge in [0.15, 0.2) is 0 Å². The summed E-state index contributed by atoms with van der Waals surface area (Å²) in [5.41, 5.74) is 0. The highest BCUT2D eigenvalue weighted by atomic mass is 79.9. The molecule has 0 aliphatic heterocycles. The predicted octanol–water partition coefficient (Wildman–Crippen LogP) is 4.08. The van der Waals surface area contributed by atoms with Crippen LogP contribution in [0, 0.1) is 0 Å². The van der Waals surface area contributed by atoms with Gasteiger partial charge in [0.1, 0.15) is 0 Å². The molecule has 0 aliphatic rings. The molecule has 0 N–H and O–H groups in total. The fourth-order valence-electron chi connectivity index (χ4n) is 1.96. The number of halogens is 1. The van der Waals surface area contributed by atoms with Crippen molar-refractivity contribution in [1.82, 2.24) is 4.90 Å². The van der Waals surface area contributed by atoms with Gasteiger partial charge < -0.3 is 9.64 Å². The number of hydrogen-bond acceptors (Lipinski definition) is 2. The molecule has 0 amide bonds. The number of rotatable bonds is 13. The zero-order valence-electron chi connectivity index (χ0n) is 11.7. The lowest BCUT2D eigenvalue weighted by Crippen LogP contribution is -2.28. The standard InChI is InChI=1S/C14H30BrNO/c1-3-16(13-14-17-2)12-10-8-6-4-5-7-9-11-15/h3-14H2,1-2H3. The van der Waals surface area contributed by atoms with Crippen molar-refractivity contribution in [2.45, 2.75) is 51.9 Å². The minimum atomic E-state index is 0.861. The first kappa shape index (κ1) is 17.4. The molecule has 3 heteroatoms. The average Bonchev–Trinajstić information content (AvgIpc) is 2.36. The van der Waals surface area contributed by atoms with Gasteiger partial charge in [-0.2, -0.15) is 0 Å². The van der Waals surface area contributed by atoms with Crippen molar-refractivity contribution in [3.63, 3.8) is 0 Å². The van der Waals surface area contributed by atoms with E-state index in [-0.39, 0.29) is 0 Å². The number of hydrogen-bond donors (Lipinski definition) is 0. The monoisotopic (exact) mass is 307 g/mol. The summed E-state index contributed by atoms with van der Waals surface area (Å²) >= 11 is 3.47. The summed E-state index contributed by atoms with van der Waals surface area (Å²) in [7, 11) is 1.78. The van der Waals surface area contributed by atoms with Crippen LogP contribution in [-0.4, -0.2) is 43.6 Å². The lowest BCUT2D eigenvalue weighted by atomic mass is 10.1. The van der Waals surface area contributed by atoms with Crippen LogP contribution in [0.4, 0.5) is 0 Å². The molecule has 0 aromatic rings. The van der Waals surface area contributed by atoms with Crippen molar-refractivity contribution in [2.24, 2.45) is 0 Å². The number of alkyl halides is 1. The van der Waals surface area contributed by atoms with E-state index in [1.165, 1.54) is 51.5 Å². The third-order valence-corrected chi connectivity index (χ3v) is 3.73. The van der Waals surface area contributed by atoms with E-state index in [2.05, 4.69) is 27.8 Å². The Labute approximate surface area is 116 Å². The van der Waals surface area contributed by atoms with E-state index < -0.39 is 0 Å². The maximum absolute atomic E-state index is 5.11. The van der Waals surface area contributed by atoms with Crippen molar-refractivity contribution >= 4 is 15.9 Å². The summed E-state index contributed by atoms with van der Waals surface area (Å²) in [6.07, 6.45) is 9.68. The molecule has 0 aliphatic carbocycles. The molecule has 0 unspecified atom stereocenters. The Morgan fingerprint density at radius 3 is 2.00 bits per heavy atom. The molecule has 0 heterocycles. The van der Waals surface area contributed by atoms with E-state index in [4.69, 9.17) is 4.74 Å². The van der Waals surface area contributed by atoms with Gasteiger partial charge in [0.05, 0.1) is 6.61 Å². The molecule has 0 spiro atoms. The number of methoxy groups -OCH3 is 1. The highest BCUT2D eigenvalue weighted by Gasteiger charge is 2.00. The van der Waals surface area contributed by atoms with Gasteiger partial charge in [-0.15, -0.1) is 0 Å². The molecule has 0 bridgehead atoms. The molecular formula is C14H30BrNO. The fourth-order valence-corrected chi connectivity index (χ4v) is 2.36. The SMILES string of the molecule is CCN(CCCCCCCCCBr)CCOC. The Kier molecular flexibility index (Phi) is 14.8. The van der Waals surface area contributed by atoms with Crippen LogP contribution >= 0.6 is 15.9 Å². The minimum Gasteiger partial charge on any atom is -0.383 e. The Morgan fingerprint density at radius 1 is 0.882 bits per heavy atom. The molecule has 0 aromatic heterocycles. The topological polar surface area (TPSA) is 12.5 Å². The van der Waals surface area contributed by atoms with Crippen LogP contribution in [-0.2, 0) is 4.74 Å². The molecule has 0 fully saturated rings. The van der Waals surface area contributed by atoms with Gasteiger partial charge in [-0.05, 0) is 25.9 Å².